The predicted octanol–water partition coefficient (Wildman–Crippen LogP) is 2.40. The predicted molar refractivity (Wildman–Crippen MR) is 70.2 cm³/mol. The SMILES string of the molecule is CCc1cc(C(C)O)nn1-c1ccc([N+](=O)[O-])cc1. The zero-order valence-electron chi connectivity index (χ0n) is 10.8. The van der Waals surface area contributed by atoms with Gasteiger partial charge in [0.2, 0.25) is 0 Å². The van der Waals surface area contributed by atoms with E-state index >= 15 is 0 Å². The highest BCUT2D eigenvalue weighted by molar-refractivity contribution is 5.41. The number of aliphatic hydroxyl groups is 1. The van der Waals surface area contributed by atoms with Gasteiger partial charge >= 0.3 is 0 Å². The molecule has 2 rings (SSSR count). The van der Waals surface area contributed by atoms with Crippen LogP contribution in [-0.4, -0.2) is 19.8 Å². The third kappa shape index (κ3) is 2.63. The van der Waals surface area contributed by atoms with E-state index in [9.17, 15) is 15.2 Å². The molecule has 0 saturated heterocycles. The maximum Gasteiger partial charge on any atom is 0.269 e. The number of aliphatic hydroxyl groups excluding tert-OH is 1. The van der Waals surface area contributed by atoms with Crippen LogP contribution in [0.15, 0.2) is 30.3 Å². The fourth-order valence-corrected chi connectivity index (χ4v) is 1.84. The first-order chi connectivity index (χ1) is 9.02. The van der Waals surface area contributed by atoms with Crippen LogP contribution in [0.2, 0.25) is 0 Å². The first-order valence-corrected chi connectivity index (χ1v) is 6.04. The van der Waals surface area contributed by atoms with Gasteiger partial charge in [0.25, 0.3) is 5.69 Å². The average molecular weight is 261 g/mol. The Balaban J connectivity index is 2.42. The molecule has 1 aromatic carbocycles. The molecular weight excluding hydrogens is 246 g/mol. The normalized spacial score (nSPS) is 12.4. The molecule has 6 heteroatoms. The topological polar surface area (TPSA) is 81.2 Å². The van der Waals surface area contributed by atoms with Gasteiger partial charge in [0.15, 0.2) is 0 Å². The highest BCUT2D eigenvalue weighted by atomic mass is 16.6. The van der Waals surface area contributed by atoms with Crippen molar-refractivity contribution in [2.24, 2.45) is 0 Å². The third-order valence-electron chi connectivity index (χ3n) is 2.90. The minimum Gasteiger partial charge on any atom is -0.387 e. The molecule has 0 amide bonds. The van der Waals surface area contributed by atoms with Crippen molar-refractivity contribution in [3.63, 3.8) is 0 Å². The molecule has 1 unspecified atom stereocenters. The number of nitro benzene ring substituents is 1. The van der Waals surface area contributed by atoms with Crippen molar-refractivity contribution in [2.75, 3.05) is 0 Å². The monoisotopic (exact) mass is 261 g/mol. The minimum absolute atomic E-state index is 0.0460. The van der Waals surface area contributed by atoms with Crippen molar-refractivity contribution in [2.45, 2.75) is 26.4 Å². The second-order valence-corrected chi connectivity index (χ2v) is 4.28. The number of non-ortho nitro benzene ring substituents is 1. The Kier molecular flexibility index (Phi) is 3.62. The van der Waals surface area contributed by atoms with E-state index in [0.29, 0.717) is 5.69 Å². The van der Waals surface area contributed by atoms with Crippen molar-refractivity contribution in [3.05, 3.63) is 51.8 Å². The molecule has 0 saturated carbocycles. The van der Waals surface area contributed by atoms with Crippen LogP contribution in [0, 0.1) is 10.1 Å². The maximum absolute atomic E-state index is 10.6. The van der Waals surface area contributed by atoms with Crippen LogP contribution in [0.25, 0.3) is 5.69 Å². The number of rotatable bonds is 4. The van der Waals surface area contributed by atoms with Gasteiger partial charge < -0.3 is 5.11 Å². The number of hydrogen-bond donors (Lipinski definition) is 1. The van der Waals surface area contributed by atoms with Gasteiger partial charge in [-0.15, -0.1) is 0 Å². The van der Waals surface area contributed by atoms with Gasteiger partial charge in [-0.1, -0.05) is 6.92 Å². The summed E-state index contributed by atoms with van der Waals surface area (Å²) in [6.07, 6.45) is 0.126. The molecule has 0 bridgehead atoms. The van der Waals surface area contributed by atoms with E-state index < -0.39 is 11.0 Å². The van der Waals surface area contributed by atoms with Gasteiger partial charge in [-0.25, -0.2) is 4.68 Å². The van der Waals surface area contributed by atoms with Crippen LogP contribution in [0.1, 0.15) is 31.3 Å². The summed E-state index contributed by atoms with van der Waals surface area (Å²) in [5.74, 6) is 0. The van der Waals surface area contributed by atoms with Gasteiger partial charge in [-0.3, -0.25) is 10.1 Å². The molecule has 0 aliphatic carbocycles. The smallest absolute Gasteiger partial charge is 0.269 e. The second kappa shape index (κ2) is 5.19. The molecular formula is C13H15N3O3. The van der Waals surface area contributed by atoms with E-state index in [1.165, 1.54) is 12.1 Å². The highest BCUT2D eigenvalue weighted by Gasteiger charge is 2.12. The molecule has 1 atom stereocenters. The number of hydrogen-bond acceptors (Lipinski definition) is 4. The van der Waals surface area contributed by atoms with Gasteiger partial charge in [0.05, 0.1) is 22.4 Å². The number of aromatic nitrogens is 2. The lowest BCUT2D eigenvalue weighted by Gasteiger charge is -2.05. The number of nitrogens with zero attached hydrogens (tertiary/aromatic N) is 3. The van der Waals surface area contributed by atoms with Crippen molar-refractivity contribution in [1.82, 2.24) is 9.78 Å². The standard InChI is InChI=1S/C13H15N3O3/c1-3-10-8-13(9(2)17)14-15(10)11-4-6-12(7-5-11)16(18)19/h4-9,17H,3H2,1-2H3. The molecule has 0 aliphatic rings. The maximum atomic E-state index is 10.6. The summed E-state index contributed by atoms with van der Waals surface area (Å²) in [6, 6.07) is 8.02. The third-order valence-corrected chi connectivity index (χ3v) is 2.90. The van der Waals surface area contributed by atoms with Crippen LogP contribution in [0.4, 0.5) is 5.69 Å². The van der Waals surface area contributed by atoms with Gasteiger partial charge in [-0.05, 0) is 31.5 Å². The Labute approximate surface area is 110 Å². The molecule has 0 radical (unpaired) electrons. The molecule has 100 valence electrons. The van der Waals surface area contributed by atoms with Gasteiger partial charge in [0.1, 0.15) is 0 Å². The van der Waals surface area contributed by atoms with E-state index in [-0.39, 0.29) is 5.69 Å². The average Bonchev–Trinajstić information content (AvgIpc) is 2.83. The fourth-order valence-electron chi connectivity index (χ4n) is 1.84. The molecule has 1 heterocycles. The van der Waals surface area contributed by atoms with E-state index in [1.54, 1.807) is 23.7 Å². The first kappa shape index (κ1) is 13.2. The lowest BCUT2D eigenvalue weighted by molar-refractivity contribution is -0.384. The summed E-state index contributed by atoms with van der Waals surface area (Å²) in [4.78, 5) is 10.2. The van der Waals surface area contributed by atoms with Crippen molar-refractivity contribution in [3.8, 4) is 5.69 Å². The van der Waals surface area contributed by atoms with Gasteiger partial charge in [0, 0.05) is 17.8 Å². The first-order valence-electron chi connectivity index (χ1n) is 6.04. The highest BCUT2D eigenvalue weighted by Crippen LogP contribution is 2.20. The Morgan fingerprint density at radius 3 is 2.53 bits per heavy atom. The Morgan fingerprint density at radius 2 is 2.05 bits per heavy atom. The molecule has 19 heavy (non-hydrogen) atoms. The van der Waals surface area contributed by atoms with Crippen LogP contribution >= 0.6 is 0 Å². The molecule has 1 aromatic heterocycles. The van der Waals surface area contributed by atoms with Crippen molar-refractivity contribution in [1.29, 1.82) is 0 Å². The molecule has 1 N–H and O–H groups in total. The summed E-state index contributed by atoms with van der Waals surface area (Å²) < 4.78 is 1.70. The molecule has 2 aromatic rings. The quantitative estimate of drug-likeness (QED) is 0.676. The molecule has 0 fully saturated rings. The molecule has 6 nitrogen and oxygen atoms in total. The second-order valence-electron chi connectivity index (χ2n) is 4.28. The summed E-state index contributed by atoms with van der Waals surface area (Å²) in [6.45, 7) is 3.65. The Bertz CT molecular complexity index is 588. The Morgan fingerprint density at radius 1 is 1.42 bits per heavy atom. The van der Waals surface area contributed by atoms with E-state index in [1.807, 2.05) is 13.0 Å². The van der Waals surface area contributed by atoms with Crippen LogP contribution in [0.5, 0.6) is 0 Å². The number of benzene rings is 1. The van der Waals surface area contributed by atoms with E-state index in [0.717, 1.165) is 17.8 Å². The van der Waals surface area contributed by atoms with E-state index in [4.69, 9.17) is 0 Å². The summed E-state index contributed by atoms with van der Waals surface area (Å²) in [7, 11) is 0. The zero-order valence-corrected chi connectivity index (χ0v) is 10.8. The van der Waals surface area contributed by atoms with Crippen molar-refractivity contribution >= 4 is 5.69 Å². The van der Waals surface area contributed by atoms with Crippen LogP contribution in [-0.2, 0) is 6.42 Å². The molecule has 0 spiro atoms. The van der Waals surface area contributed by atoms with Gasteiger partial charge in [-0.2, -0.15) is 5.10 Å². The van der Waals surface area contributed by atoms with E-state index in [2.05, 4.69) is 5.10 Å². The number of aryl methyl sites for hydroxylation is 1. The fraction of sp³-hybridized carbons (Fsp3) is 0.308. The largest absolute Gasteiger partial charge is 0.387 e. The summed E-state index contributed by atoms with van der Waals surface area (Å²) >= 11 is 0. The van der Waals surface area contributed by atoms with Crippen molar-refractivity contribution < 1.29 is 10.0 Å². The van der Waals surface area contributed by atoms with Crippen LogP contribution in [0.3, 0.4) is 0 Å². The number of nitro groups is 1. The lowest BCUT2D eigenvalue weighted by Crippen LogP contribution is -2.02. The minimum atomic E-state index is -0.635. The lowest BCUT2D eigenvalue weighted by atomic mass is 10.2. The summed E-state index contributed by atoms with van der Waals surface area (Å²) in [5.41, 5.74) is 2.33. The molecule has 0 aliphatic heterocycles. The summed E-state index contributed by atoms with van der Waals surface area (Å²) in [5, 5.41) is 24.5. The Hall–Kier alpha value is -2.21. The van der Waals surface area contributed by atoms with Crippen LogP contribution < -0.4 is 0 Å². The zero-order chi connectivity index (χ0) is 14.0.